The Hall–Kier alpha value is -1.75. The van der Waals surface area contributed by atoms with Crippen molar-refractivity contribution in [3.63, 3.8) is 0 Å². The Morgan fingerprint density at radius 1 is 1.56 bits per heavy atom. The highest BCUT2D eigenvalue weighted by atomic mass is 16.5. The monoisotopic (exact) mass is 226 g/mol. The van der Waals surface area contributed by atoms with Crippen molar-refractivity contribution in [2.24, 2.45) is 5.73 Å². The predicted octanol–water partition coefficient (Wildman–Crippen LogP) is 0.531. The molecule has 0 aliphatic carbocycles. The SMILES string of the molecule is [2H][C@@](N)(Cc1ccc(O)c(O)c1)C(=O)OCC. The molecule has 16 heavy (non-hydrogen) atoms. The first-order valence-corrected chi connectivity index (χ1v) is 4.84. The van der Waals surface area contributed by atoms with E-state index in [1.165, 1.54) is 18.2 Å². The first-order chi connectivity index (χ1) is 7.86. The fourth-order valence-corrected chi connectivity index (χ4v) is 1.19. The molecule has 0 aliphatic heterocycles. The van der Waals surface area contributed by atoms with Crippen LogP contribution in [-0.2, 0) is 16.0 Å². The summed E-state index contributed by atoms with van der Waals surface area (Å²) in [5.41, 5.74) is 5.98. The van der Waals surface area contributed by atoms with E-state index >= 15 is 0 Å². The number of carbonyl (C=O) groups excluding carboxylic acids is 1. The maximum absolute atomic E-state index is 11.4. The van der Waals surface area contributed by atoms with E-state index in [-0.39, 0.29) is 24.5 Å². The van der Waals surface area contributed by atoms with E-state index in [0.717, 1.165) is 0 Å². The molecule has 88 valence electrons. The second kappa shape index (κ2) is 5.37. The molecule has 0 radical (unpaired) electrons. The molecule has 0 spiro atoms. The first-order valence-electron chi connectivity index (χ1n) is 5.34. The van der Waals surface area contributed by atoms with Crippen LogP contribution in [-0.4, -0.2) is 28.8 Å². The van der Waals surface area contributed by atoms with E-state index in [0.29, 0.717) is 5.56 Å². The van der Waals surface area contributed by atoms with Crippen molar-refractivity contribution in [2.45, 2.75) is 19.4 Å². The van der Waals surface area contributed by atoms with Gasteiger partial charge in [-0.25, -0.2) is 0 Å². The number of aromatic hydroxyl groups is 2. The van der Waals surface area contributed by atoms with Gasteiger partial charge in [0.1, 0.15) is 6.02 Å². The lowest BCUT2D eigenvalue weighted by atomic mass is 10.1. The van der Waals surface area contributed by atoms with Crippen LogP contribution in [0, 0.1) is 0 Å². The molecule has 0 aromatic heterocycles. The average Bonchev–Trinajstić information content (AvgIpc) is 2.23. The zero-order valence-electron chi connectivity index (χ0n) is 9.93. The summed E-state index contributed by atoms with van der Waals surface area (Å²) in [7, 11) is 0. The molecule has 0 unspecified atom stereocenters. The lowest BCUT2D eigenvalue weighted by molar-refractivity contribution is -0.144. The molecule has 0 fully saturated rings. The number of carbonyl (C=O) groups is 1. The van der Waals surface area contributed by atoms with E-state index in [2.05, 4.69) is 4.74 Å². The van der Waals surface area contributed by atoms with E-state index in [9.17, 15) is 9.90 Å². The van der Waals surface area contributed by atoms with Gasteiger partial charge in [-0.1, -0.05) is 6.07 Å². The molecule has 1 aromatic rings. The largest absolute Gasteiger partial charge is 0.504 e. The van der Waals surface area contributed by atoms with E-state index in [1.807, 2.05) is 0 Å². The Morgan fingerprint density at radius 3 is 2.81 bits per heavy atom. The summed E-state index contributed by atoms with van der Waals surface area (Å²) in [4.78, 5) is 11.4. The number of phenolic OH excluding ortho intramolecular Hbond substituents is 2. The number of benzene rings is 1. The molecule has 0 bridgehead atoms. The molecule has 0 heterocycles. The molecule has 5 heteroatoms. The third-order valence-electron chi connectivity index (χ3n) is 1.97. The molecule has 0 amide bonds. The number of hydrogen-bond acceptors (Lipinski definition) is 5. The van der Waals surface area contributed by atoms with Crippen LogP contribution in [0.3, 0.4) is 0 Å². The van der Waals surface area contributed by atoms with Gasteiger partial charge < -0.3 is 20.7 Å². The third-order valence-corrected chi connectivity index (χ3v) is 1.97. The fourth-order valence-electron chi connectivity index (χ4n) is 1.19. The Bertz CT molecular complexity index is 420. The minimum atomic E-state index is -1.90. The zero-order chi connectivity index (χ0) is 13.1. The molecule has 4 N–H and O–H groups in total. The number of ether oxygens (including phenoxy) is 1. The Kier molecular flexibility index (Phi) is 3.61. The van der Waals surface area contributed by atoms with Gasteiger partial charge in [-0.15, -0.1) is 0 Å². The van der Waals surface area contributed by atoms with E-state index in [4.69, 9.17) is 12.2 Å². The summed E-state index contributed by atoms with van der Waals surface area (Å²) in [5.74, 6) is -1.41. The van der Waals surface area contributed by atoms with Gasteiger partial charge >= 0.3 is 5.97 Å². The lowest BCUT2D eigenvalue weighted by Gasteiger charge is -2.10. The third kappa shape index (κ3) is 3.13. The van der Waals surface area contributed by atoms with Crippen LogP contribution >= 0.6 is 0 Å². The Balaban J connectivity index is 2.82. The van der Waals surface area contributed by atoms with Crippen molar-refractivity contribution in [2.75, 3.05) is 6.61 Å². The molecule has 0 saturated carbocycles. The standard InChI is InChI=1S/C11H15NO4/c1-2-16-11(15)8(12)5-7-3-4-9(13)10(14)6-7/h3-4,6,8,13-14H,2,5,12H2,1H3/t8-/m1/s1/i8D. The van der Waals surface area contributed by atoms with Crippen molar-refractivity contribution in [3.8, 4) is 11.5 Å². The summed E-state index contributed by atoms with van der Waals surface area (Å²) in [6.07, 6.45) is -0.111. The summed E-state index contributed by atoms with van der Waals surface area (Å²) in [5, 5.41) is 18.4. The van der Waals surface area contributed by atoms with Gasteiger partial charge in [0.05, 0.1) is 7.98 Å². The molecule has 5 nitrogen and oxygen atoms in total. The second-order valence-electron chi connectivity index (χ2n) is 3.25. The van der Waals surface area contributed by atoms with Crippen LogP contribution in [0.4, 0.5) is 0 Å². The van der Waals surface area contributed by atoms with Crippen LogP contribution in [0.25, 0.3) is 0 Å². The molecular formula is C11H15NO4. The highest BCUT2D eigenvalue weighted by Gasteiger charge is 2.15. The minimum Gasteiger partial charge on any atom is -0.504 e. The predicted molar refractivity (Wildman–Crippen MR) is 58.1 cm³/mol. The van der Waals surface area contributed by atoms with Crippen LogP contribution in [0.15, 0.2) is 18.2 Å². The normalized spacial score (nSPS) is 15.0. The van der Waals surface area contributed by atoms with Gasteiger partial charge in [0, 0.05) is 0 Å². The first kappa shape index (κ1) is 10.8. The van der Waals surface area contributed by atoms with Crippen LogP contribution in [0.2, 0.25) is 0 Å². The number of rotatable bonds is 4. The van der Waals surface area contributed by atoms with Crippen molar-refractivity contribution in [1.82, 2.24) is 0 Å². The van der Waals surface area contributed by atoms with Crippen LogP contribution < -0.4 is 5.73 Å². The number of phenols is 2. The topological polar surface area (TPSA) is 92.8 Å². The van der Waals surface area contributed by atoms with Crippen molar-refractivity contribution >= 4 is 5.97 Å². The van der Waals surface area contributed by atoms with Gasteiger partial charge in [-0.2, -0.15) is 0 Å². The average molecular weight is 226 g/mol. The van der Waals surface area contributed by atoms with E-state index < -0.39 is 12.0 Å². The lowest BCUT2D eigenvalue weighted by Crippen LogP contribution is -2.34. The molecule has 0 aliphatic rings. The summed E-state index contributed by atoms with van der Waals surface area (Å²) in [6.45, 7) is 1.78. The van der Waals surface area contributed by atoms with Crippen LogP contribution in [0.5, 0.6) is 11.5 Å². The zero-order valence-corrected chi connectivity index (χ0v) is 8.93. The highest BCUT2D eigenvalue weighted by Crippen LogP contribution is 2.25. The number of nitrogens with two attached hydrogens (primary N) is 1. The second-order valence-corrected chi connectivity index (χ2v) is 3.25. The molecule has 1 aromatic carbocycles. The maximum Gasteiger partial charge on any atom is 0.323 e. The molecular weight excluding hydrogens is 210 g/mol. The smallest absolute Gasteiger partial charge is 0.323 e. The summed E-state index contributed by atoms with van der Waals surface area (Å²) < 4.78 is 12.3. The quantitative estimate of drug-likeness (QED) is 0.514. The van der Waals surface area contributed by atoms with Gasteiger partial charge in [-0.05, 0) is 31.0 Å². The molecule has 1 atom stereocenters. The van der Waals surface area contributed by atoms with Crippen molar-refractivity contribution in [1.29, 1.82) is 0 Å². The Morgan fingerprint density at radius 2 is 2.25 bits per heavy atom. The maximum atomic E-state index is 11.4. The summed E-state index contributed by atoms with van der Waals surface area (Å²) >= 11 is 0. The van der Waals surface area contributed by atoms with Gasteiger partial charge in [0.15, 0.2) is 11.5 Å². The Labute approximate surface area is 94.9 Å². The number of hydrogen-bond donors (Lipinski definition) is 3. The van der Waals surface area contributed by atoms with Crippen LogP contribution in [0.1, 0.15) is 13.9 Å². The van der Waals surface area contributed by atoms with Gasteiger partial charge in [0.2, 0.25) is 0 Å². The van der Waals surface area contributed by atoms with Crippen molar-refractivity contribution in [3.05, 3.63) is 23.8 Å². The molecule has 1 rings (SSSR count). The number of esters is 1. The summed E-state index contributed by atoms with van der Waals surface area (Å²) in [6, 6.07) is 2.10. The van der Waals surface area contributed by atoms with Gasteiger partial charge in [0.25, 0.3) is 0 Å². The van der Waals surface area contributed by atoms with Crippen molar-refractivity contribution < 1.29 is 21.1 Å². The molecule has 0 saturated heterocycles. The van der Waals surface area contributed by atoms with Gasteiger partial charge in [-0.3, -0.25) is 4.79 Å². The van der Waals surface area contributed by atoms with E-state index in [1.54, 1.807) is 6.92 Å². The minimum absolute atomic E-state index is 0.111. The highest BCUT2D eigenvalue weighted by molar-refractivity contribution is 5.75. The fraction of sp³-hybridized carbons (Fsp3) is 0.364.